The third-order valence-electron chi connectivity index (χ3n) is 5.43. The number of nitrogens with zero attached hydrogens (tertiary/aromatic N) is 6. The maximum absolute atomic E-state index is 12.6. The molecule has 1 aliphatic rings. The van der Waals surface area contributed by atoms with Crippen LogP contribution in [0.2, 0.25) is 0 Å². The van der Waals surface area contributed by atoms with E-state index >= 15 is 0 Å². The van der Waals surface area contributed by atoms with Gasteiger partial charge in [0.25, 0.3) is 5.91 Å². The topological polar surface area (TPSA) is 90.5 Å². The summed E-state index contributed by atoms with van der Waals surface area (Å²) in [4.78, 5) is 12.6. The number of tetrazole rings is 1. The third kappa shape index (κ3) is 3.95. The van der Waals surface area contributed by atoms with Gasteiger partial charge in [0, 0.05) is 29.8 Å². The molecule has 8 heteroatoms. The highest BCUT2D eigenvalue weighted by Crippen LogP contribution is 2.46. The normalized spacial score (nSPS) is 14.8. The van der Waals surface area contributed by atoms with Crippen molar-refractivity contribution in [2.24, 2.45) is 5.41 Å². The van der Waals surface area contributed by atoms with E-state index in [-0.39, 0.29) is 11.3 Å². The minimum Gasteiger partial charge on any atom is -0.351 e. The fraction of sp³-hybridized carbons (Fsp3) is 0.450. The Kier molecular flexibility index (Phi) is 4.70. The maximum Gasteiger partial charge on any atom is 0.251 e. The van der Waals surface area contributed by atoms with E-state index in [1.807, 2.05) is 38.1 Å². The van der Waals surface area contributed by atoms with Gasteiger partial charge in [-0.3, -0.25) is 9.48 Å². The van der Waals surface area contributed by atoms with Gasteiger partial charge in [0.15, 0.2) is 0 Å². The minimum absolute atomic E-state index is 0.0372. The van der Waals surface area contributed by atoms with E-state index in [9.17, 15) is 4.79 Å². The maximum atomic E-state index is 12.6. The largest absolute Gasteiger partial charge is 0.351 e. The number of amides is 1. The van der Waals surface area contributed by atoms with Crippen LogP contribution in [0.4, 0.5) is 0 Å². The predicted molar refractivity (Wildman–Crippen MR) is 104 cm³/mol. The molecule has 1 aromatic carbocycles. The molecule has 2 heterocycles. The number of hydrogen-bond acceptors (Lipinski definition) is 5. The molecule has 0 spiro atoms. The fourth-order valence-corrected chi connectivity index (χ4v) is 3.42. The molecule has 2 aromatic heterocycles. The van der Waals surface area contributed by atoms with Crippen molar-refractivity contribution in [1.82, 2.24) is 35.3 Å². The van der Waals surface area contributed by atoms with Crippen molar-refractivity contribution in [2.45, 2.75) is 46.7 Å². The number of benzene rings is 1. The van der Waals surface area contributed by atoms with Gasteiger partial charge in [0.05, 0.1) is 12.2 Å². The summed E-state index contributed by atoms with van der Waals surface area (Å²) in [6.07, 6.45) is 2.24. The molecule has 8 nitrogen and oxygen atoms in total. The average Bonchev–Trinajstić information content (AvgIpc) is 3.21. The Morgan fingerprint density at radius 1 is 1.14 bits per heavy atom. The first-order valence-electron chi connectivity index (χ1n) is 9.55. The van der Waals surface area contributed by atoms with Crippen LogP contribution in [0, 0.1) is 26.2 Å². The summed E-state index contributed by atoms with van der Waals surface area (Å²) >= 11 is 0. The first-order chi connectivity index (χ1) is 13.4. The van der Waals surface area contributed by atoms with Gasteiger partial charge in [-0.15, -0.1) is 5.10 Å². The summed E-state index contributed by atoms with van der Waals surface area (Å²) in [5.74, 6) is 0.726. The van der Waals surface area contributed by atoms with Crippen molar-refractivity contribution in [1.29, 1.82) is 0 Å². The summed E-state index contributed by atoms with van der Waals surface area (Å²) in [5, 5.41) is 19.1. The van der Waals surface area contributed by atoms with Gasteiger partial charge in [-0.05, 0) is 67.8 Å². The van der Waals surface area contributed by atoms with Crippen LogP contribution >= 0.6 is 0 Å². The molecule has 0 bridgehead atoms. The van der Waals surface area contributed by atoms with Crippen LogP contribution in [0.3, 0.4) is 0 Å². The Hall–Kier alpha value is -3.03. The van der Waals surface area contributed by atoms with E-state index in [0.717, 1.165) is 36.5 Å². The second kappa shape index (κ2) is 7.18. The van der Waals surface area contributed by atoms with Crippen molar-refractivity contribution in [3.8, 4) is 0 Å². The number of nitrogens with one attached hydrogen (secondary N) is 1. The van der Waals surface area contributed by atoms with Gasteiger partial charge in [-0.1, -0.05) is 12.1 Å². The second-order valence-electron chi connectivity index (χ2n) is 7.85. The number of hydrogen-bond donors (Lipinski definition) is 1. The van der Waals surface area contributed by atoms with Crippen molar-refractivity contribution in [3.63, 3.8) is 0 Å². The van der Waals surface area contributed by atoms with E-state index in [1.54, 1.807) is 4.68 Å². The molecule has 1 N–H and O–H groups in total. The highest BCUT2D eigenvalue weighted by Gasteiger charge is 2.43. The number of aryl methyl sites for hydroxylation is 3. The van der Waals surface area contributed by atoms with E-state index in [4.69, 9.17) is 0 Å². The Morgan fingerprint density at radius 3 is 2.46 bits per heavy atom. The van der Waals surface area contributed by atoms with Crippen LogP contribution in [-0.2, 0) is 13.1 Å². The summed E-state index contributed by atoms with van der Waals surface area (Å²) in [5.41, 5.74) is 4.06. The van der Waals surface area contributed by atoms with Gasteiger partial charge in [-0.25, -0.2) is 4.68 Å². The van der Waals surface area contributed by atoms with Crippen molar-refractivity contribution >= 4 is 5.91 Å². The van der Waals surface area contributed by atoms with E-state index in [1.165, 1.54) is 5.69 Å². The van der Waals surface area contributed by atoms with Crippen LogP contribution in [0.25, 0.3) is 0 Å². The zero-order valence-corrected chi connectivity index (χ0v) is 16.5. The van der Waals surface area contributed by atoms with Crippen LogP contribution in [0.1, 0.15) is 46.0 Å². The molecule has 0 atom stereocenters. The molecule has 1 saturated carbocycles. The molecule has 0 aliphatic heterocycles. The van der Waals surface area contributed by atoms with Gasteiger partial charge in [0.1, 0.15) is 5.82 Å². The molecular weight excluding hydrogens is 354 g/mol. The Labute approximate surface area is 163 Å². The molecule has 28 heavy (non-hydrogen) atoms. The quantitative estimate of drug-likeness (QED) is 0.678. The lowest BCUT2D eigenvalue weighted by molar-refractivity contribution is 0.0942. The van der Waals surface area contributed by atoms with Crippen LogP contribution in [0.15, 0.2) is 30.3 Å². The smallest absolute Gasteiger partial charge is 0.251 e. The SMILES string of the molecule is Cc1cc(C)n(CC2(CNC(=O)c3ccc(Cn4nnnc4C)cc3)CC2)n1. The Balaban J connectivity index is 1.33. The second-order valence-corrected chi connectivity index (χ2v) is 7.85. The summed E-state index contributed by atoms with van der Waals surface area (Å²) in [6.45, 7) is 8.07. The zero-order valence-electron chi connectivity index (χ0n) is 16.5. The number of aromatic nitrogens is 6. The molecule has 4 rings (SSSR count). The van der Waals surface area contributed by atoms with Crippen molar-refractivity contribution in [2.75, 3.05) is 6.54 Å². The number of carbonyl (C=O) groups is 1. The highest BCUT2D eigenvalue weighted by molar-refractivity contribution is 5.94. The van der Waals surface area contributed by atoms with Crippen LogP contribution in [-0.4, -0.2) is 42.4 Å². The molecule has 1 aliphatic carbocycles. The molecule has 1 amide bonds. The van der Waals surface area contributed by atoms with E-state index in [0.29, 0.717) is 18.7 Å². The lowest BCUT2D eigenvalue weighted by Crippen LogP contribution is -2.32. The molecular formula is C20H25N7O. The fourth-order valence-electron chi connectivity index (χ4n) is 3.42. The first-order valence-corrected chi connectivity index (χ1v) is 9.55. The first kappa shape index (κ1) is 18.3. The Morgan fingerprint density at radius 2 is 1.89 bits per heavy atom. The lowest BCUT2D eigenvalue weighted by Gasteiger charge is -2.17. The standard InChI is InChI=1S/C20H25N7O/c1-14-10-15(2)27(23-14)13-20(8-9-20)12-21-19(28)18-6-4-17(5-7-18)11-26-16(3)22-24-25-26/h4-7,10H,8-9,11-13H2,1-3H3,(H,21,28). The van der Waals surface area contributed by atoms with Crippen molar-refractivity contribution < 1.29 is 4.79 Å². The van der Waals surface area contributed by atoms with E-state index in [2.05, 4.69) is 43.6 Å². The van der Waals surface area contributed by atoms with Crippen LogP contribution < -0.4 is 5.32 Å². The monoisotopic (exact) mass is 379 g/mol. The molecule has 0 radical (unpaired) electrons. The average molecular weight is 379 g/mol. The minimum atomic E-state index is -0.0372. The predicted octanol–water partition coefficient (Wildman–Crippen LogP) is 2.05. The van der Waals surface area contributed by atoms with E-state index < -0.39 is 0 Å². The molecule has 3 aromatic rings. The van der Waals surface area contributed by atoms with Gasteiger partial charge >= 0.3 is 0 Å². The number of carbonyl (C=O) groups excluding carboxylic acids is 1. The lowest BCUT2D eigenvalue weighted by atomic mass is 10.1. The molecule has 0 unspecified atom stereocenters. The highest BCUT2D eigenvalue weighted by atomic mass is 16.1. The zero-order chi connectivity index (χ0) is 19.7. The summed E-state index contributed by atoms with van der Waals surface area (Å²) < 4.78 is 3.79. The molecule has 1 fully saturated rings. The van der Waals surface area contributed by atoms with Crippen molar-refractivity contribution in [3.05, 3.63) is 58.7 Å². The van der Waals surface area contributed by atoms with Gasteiger partial charge in [0.2, 0.25) is 0 Å². The third-order valence-corrected chi connectivity index (χ3v) is 5.43. The molecule has 0 saturated heterocycles. The summed E-state index contributed by atoms with van der Waals surface area (Å²) in [7, 11) is 0. The van der Waals surface area contributed by atoms with Gasteiger partial charge < -0.3 is 5.32 Å². The summed E-state index contributed by atoms with van der Waals surface area (Å²) in [6, 6.07) is 9.68. The number of rotatable bonds is 7. The van der Waals surface area contributed by atoms with Crippen LogP contribution in [0.5, 0.6) is 0 Å². The Bertz CT molecular complexity index is 982. The van der Waals surface area contributed by atoms with Gasteiger partial charge in [-0.2, -0.15) is 5.10 Å². The molecule has 146 valence electrons.